The number of alkyl halides is 3. The van der Waals surface area contributed by atoms with E-state index in [1.807, 2.05) is 0 Å². The molecular weight excluding hydrogens is 953 g/mol. The van der Waals surface area contributed by atoms with Crippen LogP contribution in [0.3, 0.4) is 0 Å². The number of ether oxygens (including phenoxy) is 2. The van der Waals surface area contributed by atoms with Gasteiger partial charge >= 0.3 is 6.18 Å². The Bertz CT molecular complexity index is 2950. The fraction of sp³-hybridized carbons (Fsp3) is 0.408. The largest absolute Gasteiger partial charge is 0.455 e. The first-order chi connectivity index (χ1) is 33.1. The van der Waals surface area contributed by atoms with E-state index in [-0.39, 0.29) is 58.1 Å². The third-order valence-electron chi connectivity index (χ3n) is 12.9. The van der Waals surface area contributed by atoms with E-state index in [9.17, 15) is 41.3 Å². The molecule has 16 nitrogen and oxygen atoms in total. The highest BCUT2D eigenvalue weighted by molar-refractivity contribution is 7.90. The lowest BCUT2D eigenvalue weighted by atomic mass is 9.72. The maximum Gasteiger partial charge on any atom is 0.416 e. The lowest BCUT2D eigenvalue weighted by Crippen LogP contribution is -2.49. The van der Waals surface area contributed by atoms with Crippen LogP contribution < -0.4 is 19.7 Å². The standard InChI is InChI=1S/C49H54ClF3N8O8S/c1-30(2)47(63)60-19-20-68-36(29-60)27-55-42-10-7-37(24-43(42)61(64)65)70(66,67)57-46(62)39-9-6-34(23-44(39)69-35-21-31-12-14-54-45(31)56-26-35)59-17-15-58(16-18-59)28-32-11-13-48(3,4)25-40(32)38-8-5-33(22-41(38)50)49(51,52)53/h5-10,12,14,21-24,26,30,36,55H,11,13,15-20,25,27-29H2,1-4H3,(H,54,56)(H,57,62). The number of sulfonamides is 1. The molecular formula is C49H54ClF3N8O8S. The molecule has 3 N–H and O–H groups in total. The smallest absolute Gasteiger partial charge is 0.416 e. The number of allylic oxidation sites excluding steroid dienone is 1. The number of hydrogen-bond donors (Lipinski definition) is 3. The summed E-state index contributed by atoms with van der Waals surface area (Å²) < 4.78 is 82.2. The molecule has 0 radical (unpaired) electrons. The van der Waals surface area contributed by atoms with Crippen molar-refractivity contribution in [2.24, 2.45) is 11.3 Å². The number of morpholine rings is 1. The van der Waals surface area contributed by atoms with E-state index < -0.39 is 49.3 Å². The molecule has 2 fully saturated rings. The predicted octanol–water partition coefficient (Wildman–Crippen LogP) is 9.14. The number of H-pyrrole nitrogens is 1. The maximum atomic E-state index is 14.0. The second-order valence-electron chi connectivity index (χ2n) is 18.9. The van der Waals surface area contributed by atoms with Crippen molar-refractivity contribution >= 4 is 67.1 Å². The summed E-state index contributed by atoms with van der Waals surface area (Å²) in [7, 11) is -4.68. The zero-order valence-corrected chi connectivity index (χ0v) is 40.6. The van der Waals surface area contributed by atoms with Crippen molar-refractivity contribution in [2.45, 2.75) is 64.1 Å². The van der Waals surface area contributed by atoms with E-state index in [4.69, 9.17) is 21.1 Å². The third kappa shape index (κ3) is 11.5. The Morgan fingerprint density at radius 1 is 1.04 bits per heavy atom. The minimum absolute atomic E-state index is 0.0224. The van der Waals surface area contributed by atoms with Crippen molar-refractivity contribution in [2.75, 3.05) is 69.2 Å². The number of rotatable bonds is 14. The van der Waals surface area contributed by atoms with Gasteiger partial charge in [-0.2, -0.15) is 13.2 Å². The average molecular weight is 1010 g/mol. The molecule has 3 aliphatic rings. The van der Waals surface area contributed by atoms with Crippen LogP contribution >= 0.6 is 11.6 Å². The Kier molecular flexibility index (Phi) is 14.5. The van der Waals surface area contributed by atoms with Crippen LogP contribution in [-0.2, 0) is 25.7 Å². The van der Waals surface area contributed by atoms with E-state index in [0.717, 1.165) is 53.6 Å². The molecule has 8 rings (SSSR count). The Morgan fingerprint density at radius 3 is 2.53 bits per heavy atom. The lowest BCUT2D eigenvalue weighted by molar-refractivity contribution is -0.384. The molecule has 21 heteroatoms. The number of piperazine rings is 1. The molecule has 2 aromatic heterocycles. The van der Waals surface area contributed by atoms with Crippen LogP contribution in [-0.4, -0.2) is 110 Å². The van der Waals surface area contributed by atoms with Gasteiger partial charge in [0.25, 0.3) is 21.6 Å². The number of fused-ring (bicyclic) bond motifs is 1. The fourth-order valence-corrected chi connectivity index (χ4v) is 10.4. The second kappa shape index (κ2) is 20.2. The lowest BCUT2D eigenvalue weighted by Gasteiger charge is -2.39. The molecule has 2 amide bonds. The van der Waals surface area contributed by atoms with Crippen molar-refractivity contribution in [3.05, 3.63) is 117 Å². The summed E-state index contributed by atoms with van der Waals surface area (Å²) in [5.74, 6) is -0.982. The van der Waals surface area contributed by atoms with Crippen molar-refractivity contribution < 1.29 is 45.6 Å². The first-order valence-electron chi connectivity index (χ1n) is 22.9. The summed E-state index contributed by atoms with van der Waals surface area (Å²) in [6.07, 6.45) is 0.576. The van der Waals surface area contributed by atoms with Crippen LogP contribution in [0.15, 0.2) is 89.6 Å². The minimum Gasteiger partial charge on any atom is -0.455 e. The normalized spacial score (nSPS) is 18.0. The van der Waals surface area contributed by atoms with Crippen LogP contribution in [0.4, 0.5) is 30.2 Å². The maximum absolute atomic E-state index is 14.0. The summed E-state index contributed by atoms with van der Waals surface area (Å²) in [6.45, 7) is 12.0. The highest BCUT2D eigenvalue weighted by Gasteiger charge is 2.34. The first-order valence-corrected chi connectivity index (χ1v) is 24.8. The van der Waals surface area contributed by atoms with Gasteiger partial charge in [0, 0.05) is 92.7 Å². The van der Waals surface area contributed by atoms with E-state index in [1.165, 1.54) is 24.4 Å². The fourth-order valence-electron chi connectivity index (χ4n) is 9.09. The van der Waals surface area contributed by atoms with Crippen molar-refractivity contribution in [3.63, 3.8) is 0 Å². The molecule has 2 saturated heterocycles. The third-order valence-corrected chi connectivity index (χ3v) is 14.6. The van der Waals surface area contributed by atoms with Crippen molar-refractivity contribution in [3.8, 4) is 11.5 Å². The molecule has 1 atom stereocenters. The van der Waals surface area contributed by atoms with Gasteiger partial charge in [0.1, 0.15) is 22.8 Å². The first kappa shape index (κ1) is 50.2. The van der Waals surface area contributed by atoms with Gasteiger partial charge in [-0.05, 0) is 84.3 Å². The summed E-state index contributed by atoms with van der Waals surface area (Å²) in [5, 5.41) is 16.0. The van der Waals surface area contributed by atoms with Gasteiger partial charge < -0.3 is 29.6 Å². The van der Waals surface area contributed by atoms with Gasteiger partial charge in [0.2, 0.25) is 5.91 Å². The van der Waals surface area contributed by atoms with Gasteiger partial charge in [0.05, 0.1) is 39.9 Å². The van der Waals surface area contributed by atoms with Crippen LogP contribution in [0, 0.1) is 21.4 Å². The number of nitro benzene ring substituents is 1. The molecule has 372 valence electrons. The van der Waals surface area contributed by atoms with E-state index in [1.54, 1.807) is 49.2 Å². The number of halogens is 4. The number of carbonyl (C=O) groups is 2. The number of nitrogens with one attached hydrogen (secondary N) is 3. The summed E-state index contributed by atoms with van der Waals surface area (Å²) in [4.78, 5) is 51.0. The van der Waals surface area contributed by atoms with Gasteiger partial charge in [-0.3, -0.25) is 24.6 Å². The molecule has 0 spiro atoms. The number of aromatic amines is 1. The second-order valence-corrected chi connectivity index (χ2v) is 21.0. The number of nitro groups is 1. The SMILES string of the molecule is CC(C)C(=O)N1CCOC(CNc2ccc(S(=O)(=O)NC(=O)c3ccc(N4CCN(CC5=C(c6ccc(C(F)(F)F)cc6Cl)CC(C)(C)CC5)CC4)cc3Oc3cnc4[nH]ccc4c3)cc2[N+](=O)[O-])C1. The van der Waals surface area contributed by atoms with Crippen molar-refractivity contribution in [1.82, 2.24) is 24.5 Å². The minimum atomic E-state index is -4.68. The molecule has 4 heterocycles. The zero-order valence-electron chi connectivity index (χ0n) is 39.1. The zero-order chi connectivity index (χ0) is 50.1. The van der Waals surface area contributed by atoms with E-state index in [2.05, 4.69) is 43.7 Å². The number of pyridine rings is 1. The van der Waals surface area contributed by atoms with Crippen LogP contribution in [0.5, 0.6) is 11.5 Å². The molecule has 2 aliphatic heterocycles. The van der Waals surface area contributed by atoms with Crippen LogP contribution in [0.25, 0.3) is 16.6 Å². The van der Waals surface area contributed by atoms with Crippen LogP contribution in [0.2, 0.25) is 5.02 Å². The monoisotopic (exact) mass is 1010 g/mol. The van der Waals surface area contributed by atoms with Crippen LogP contribution in [0.1, 0.15) is 68.4 Å². The number of nitrogens with zero attached hydrogens (tertiary/aromatic N) is 5. The Morgan fingerprint density at radius 2 is 1.81 bits per heavy atom. The average Bonchev–Trinajstić information content (AvgIpc) is 3.79. The molecule has 5 aromatic rings. The van der Waals surface area contributed by atoms with Gasteiger partial charge in [-0.15, -0.1) is 0 Å². The molecule has 1 aliphatic carbocycles. The molecule has 0 bridgehead atoms. The summed E-state index contributed by atoms with van der Waals surface area (Å²) in [5.41, 5.74) is 2.52. The number of carbonyl (C=O) groups excluding carboxylic acids is 2. The number of hydrogen-bond acceptors (Lipinski definition) is 12. The van der Waals surface area contributed by atoms with Gasteiger partial charge in [0.15, 0.2) is 0 Å². The Labute approximate surface area is 408 Å². The predicted molar refractivity (Wildman–Crippen MR) is 260 cm³/mol. The molecule has 70 heavy (non-hydrogen) atoms. The molecule has 1 unspecified atom stereocenters. The molecule has 3 aromatic carbocycles. The van der Waals surface area contributed by atoms with E-state index in [0.29, 0.717) is 69.2 Å². The number of amides is 2. The number of benzene rings is 3. The number of anilines is 2. The number of aromatic nitrogens is 2. The summed E-state index contributed by atoms with van der Waals surface area (Å²) >= 11 is 6.54. The summed E-state index contributed by atoms with van der Waals surface area (Å²) in [6, 6.07) is 15.1. The quantitative estimate of drug-likeness (QED) is 0.0707. The Hall–Kier alpha value is -6.22. The molecule has 0 saturated carbocycles. The topological polar surface area (TPSA) is 192 Å². The van der Waals surface area contributed by atoms with Crippen molar-refractivity contribution in [1.29, 1.82) is 0 Å². The highest BCUT2D eigenvalue weighted by atomic mass is 35.5. The highest BCUT2D eigenvalue weighted by Crippen LogP contribution is 2.46. The van der Waals surface area contributed by atoms with Gasteiger partial charge in [-0.1, -0.05) is 50.9 Å². The van der Waals surface area contributed by atoms with E-state index >= 15 is 0 Å². The van der Waals surface area contributed by atoms with Gasteiger partial charge in [-0.25, -0.2) is 18.1 Å². The Balaban J connectivity index is 0.990.